The molecule has 44 heavy (non-hydrogen) atoms. The zero-order chi connectivity index (χ0) is 29.0. The van der Waals surface area contributed by atoms with Gasteiger partial charge < -0.3 is 9.32 Å². The van der Waals surface area contributed by atoms with E-state index in [1.807, 2.05) is 12.1 Å². The Hall–Kier alpha value is -5.86. The highest BCUT2D eigenvalue weighted by Crippen LogP contribution is 2.42. The summed E-state index contributed by atoms with van der Waals surface area (Å²) in [5.74, 6) is 0. The van der Waals surface area contributed by atoms with Crippen molar-refractivity contribution in [2.24, 2.45) is 0 Å². The first kappa shape index (κ1) is 24.7. The van der Waals surface area contributed by atoms with Crippen LogP contribution in [0.2, 0.25) is 0 Å². The number of rotatable bonds is 4. The number of hydrogen-bond acceptors (Lipinski definition) is 2. The first-order valence-electron chi connectivity index (χ1n) is 15.0. The highest BCUT2D eigenvalue weighted by atomic mass is 16.3. The van der Waals surface area contributed by atoms with Crippen molar-refractivity contribution in [3.8, 4) is 11.1 Å². The molecule has 0 amide bonds. The maximum absolute atomic E-state index is 6.35. The van der Waals surface area contributed by atoms with Crippen LogP contribution in [0.5, 0.6) is 0 Å². The largest absolute Gasteiger partial charge is 0.455 e. The zero-order valence-corrected chi connectivity index (χ0v) is 23.9. The highest BCUT2D eigenvalue weighted by molar-refractivity contribution is 6.25. The summed E-state index contributed by atoms with van der Waals surface area (Å²) < 4.78 is 6.35. The molecule has 0 aliphatic heterocycles. The molecule has 206 valence electrons. The monoisotopic (exact) mass is 561 g/mol. The predicted octanol–water partition coefficient (Wildman–Crippen LogP) is 12.2. The van der Waals surface area contributed by atoms with Crippen LogP contribution in [0.25, 0.3) is 65.4 Å². The molecule has 0 radical (unpaired) electrons. The number of hydrogen-bond donors (Lipinski definition) is 0. The SMILES string of the molecule is c1ccc(N(c2ccc(-c3cccc4c3oc3ccccc34)cc2)c2ccc3c4ccccc4c4ccccc4c3c2)cc1. The van der Waals surface area contributed by atoms with Crippen molar-refractivity contribution in [3.05, 3.63) is 164 Å². The summed E-state index contributed by atoms with van der Waals surface area (Å²) in [5, 5.41) is 9.93. The summed E-state index contributed by atoms with van der Waals surface area (Å²) in [6.45, 7) is 0. The van der Waals surface area contributed by atoms with Crippen LogP contribution >= 0.6 is 0 Å². The number of para-hydroxylation sites is 3. The Kier molecular flexibility index (Phi) is 5.54. The second kappa shape index (κ2) is 9.86. The van der Waals surface area contributed by atoms with Crippen molar-refractivity contribution in [1.82, 2.24) is 0 Å². The average molecular weight is 562 g/mol. The lowest BCUT2D eigenvalue weighted by molar-refractivity contribution is 0.670. The van der Waals surface area contributed by atoms with Crippen molar-refractivity contribution >= 4 is 71.3 Å². The molecule has 0 unspecified atom stereocenters. The van der Waals surface area contributed by atoms with Crippen LogP contribution in [0, 0.1) is 0 Å². The van der Waals surface area contributed by atoms with Gasteiger partial charge in [0.25, 0.3) is 0 Å². The minimum atomic E-state index is 0.915. The van der Waals surface area contributed by atoms with E-state index in [0.29, 0.717) is 0 Å². The lowest BCUT2D eigenvalue weighted by Crippen LogP contribution is -2.09. The Labute approximate surface area is 255 Å². The van der Waals surface area contributed by atoms with Crippen LogP contribution in [0.4, 0.5) is 17.1 Å². The van der Waals surface area contributed by atoms with Crippen LogP contribution in [-0.2, 0) is 0 Å². The van der Waals surface area contributed by atoms with Gasteiger partial charge in [-0.3, -0.25) is 0 Å². The third-order valence-electron chi connectivity index (χ3n) is 8.84. The molecule has 0 aliphatic rings. The van der Waals surface area contributed by atoms with Gasteiger partial charge >= 0.3 is 0 Å². The maximum atomic E-state index is 6.35. The van der Waals surface area contributed by atoms with E-state index in [-0.39, 0.29) is 0 Å². The molecule has 0 saturated carbocycles. The second-order valence-corrected chi connectivity index (χ2v) is 11.3. The van der Waals surface area contributed by atoms with Gasteiger partial charge in [-0.1, -0.05) is 121 Å². The van der Waals surface area contributed by atoms with E-state index in [9.17, 15) is 0 Å². The average Bonchev–Trinajstić information content (AvgIpc) is 3.48. The molecular formula is C42H27NO. The molecular weight excluding hydrogens is 534 g/mol. The van der Waals surface area contributed by atoms with Gasteiger partial charge in [-0.15, -0.1) is 0 Å². The molecule has 2 heteroatoms. The molecule has 0 N–H and O–H groups in total. The number of benzene rings is 8. The van der Waals surface area contributed by atoms with Crippen molar-refractivity contribution < 1.29 is 4.42 Å². The number of anilines is 3. The fraction of sp³-hybridized carbons (Fsp3) is 0. The summed E-state index contributed by atoms with van der Waals surface area (Å²) in [5.41, 5.74) is 7.40. The fourth-order valence-corrected chi connectivity index (χ4v) is 6.82. The first-order chi connectivity index (χ1) is 21.8. The number of furan rings is 1. The molecule has 0 aliphatic carbocycles. The Morgan fingerprint density at radius 3 is 1.57 bits per heavy atom. The number of fused-ring (bicyclic) bond motifs is 9. The van der Waals surface area contributed by atoms with E-state index in [0.717, 1.165) is 50.1 Å². The Balaban J connectivity index is 1.21. The second-order valence-electron chi connectivity index (χ2n) is 11.3. The third-order valence-corrected chi connectivity index (χ3v) is 8.84. The minimum Gasteiger partial charge on any atom is -0.455 e. The minimum absolute atomic E-state index is 0.915. The summed E-state index contributed by atoms with van der Waals surface area (Å²) in [6, 6.07) is 58.5. The van der Waals surface area contributed by atoms with Gasteiger partial charge in [0.05, 0.1) is 0 Å². The Morgan fingerprint density at radius 2 is 0.864 bits per heavy atom. The Morgan fingerprint density at radius 1 is 0.341 bits per heavy atom. The smallest absolute Gasteiger partial charge is 0.143 e. The van der Waals surface area contributed by atoms with E-state index in [2.05, 4.69) is 157 Å². The predicted molar refractivity (Wildman–Crippen MR) is 186 cm³/mol. The van der Waals surface area contributed by atoms with E-state index in [1.165, 1.54) is 32.3 Å². The summed E-state index contributed by atoms with van der Waals surface area (Å²) >= 11 is 0. The molecule has 1 heterocycles. The zero-order valence-electron chi connectivity index (χ0n) is 23.9. The fourth-order valence-electron chi connectivity index (χ4n) is 6.82. The quantitative estimate of drug-likeness (QED) is 0.199. The molecule has 0 spiro atoms. The molecule has 9 aromatic rings. The lowest BCUT2D eigenvalue weighted by atomic mass is 9.94. The van der Waals surface area contributed by atoms with Gasteiger partial charge in [0.1, 0.15) is 11.2 Å². The normalized spacial score (nSPS) is 11.6. The van der Waals surface area contributed by atoms with Crippen LogP contribution in [0.3, 0.4) is 0 Å². The molecule has 0 fully saturated rings. The van der Waals surface area contributed by atoms with Gasteiger partial charge in [-0.05, 0) is 80.3 Å². The third kappa shape index (κ3) is 3.82. The standard InChI is InChI=1S/C42H27NO/c1-2-11-29(12-3-1)43(31-25-26-37-35-15-5-4-13-33(35)34-14-6-7-16-36(34)40(37)27-31)30-23-21-28(22-24-30)32-18-10-19-39-38-17-8-9-20-41(38)44-42(32)39/h1-27H. The summed E-state index contributed by atoms with van der Waals surface area (Å²) in [7, 11) is 0. The number of nitrogens with zero attached hydrogens (tertiary/aromatic N) is 1. The molecule has 0 bridgehead atoms. The lowest BCUT2D eigenvalue weighted by Gasteiger charge is -2.26. The van der Waals surface area contributed by atoms with Gasteiger partial charge in [-0.2, -0.15) is 0 Å². The summed E-state index contributed by atoms with van der Waals surface area (Å²) in [6.07, 6.45) is 0. The van der Waals surface area contributed by atoms with Crippen LogP contribution in [0.1, 0.15) is 0 Å². The van der Waals surface area contributed by atoms with Gasteiger partial charge in [-0.25, -0.2) is 0 Å². The van der Waals surface area contributed by atoms with Crippen molar-refractivity contribution in [3.63, 3.8) is 0 Å². The van der Waals surface area contributed by atoms with Gasteiger partial charge in [0, 0.05) is 33.4 Å². The van der Waals surface area contributed by atoms with E-state index in [4.69, 9.17) is 4.42 Å². The summed E-state index contributed by atoms with van der Waals surface area (Å²) in [4.78, 5) is 2.34. The van der Waals surface area contributed by atoms with Crippen LogP contribution < -0.4 is 4.90 Å². The molecule has 8 aromatic carbocycles. The highest BCUT2D eigenvalue weighted by Gasteiger charge is 2.17. The van der Waals surface area contributed by atoms with Gasteiger partial charge in [0.2, 0.25) is 0 Å². The molecule has 0 atom stereocenters. The van der Waals surface area contributed by atoms with Crippen molar-refractivity contribution in [2.45, 2.75) is 0 Å². The molecule has 9 rings (SSSR count). The molecule has 1 aromatic heterocycles. The maximum Gasteiger partial charge on any atom is 0.143 e. The van der Waals surface area contributed by atoms with Crippen molar-refractivity contribution in [2.75, 3.05) is 4.90 Å². The van der Waals surface area contributed by atoms with E-state index >= 15 is 0 Å². The first-order valence-corrected chi connectivity index (χ1v) is 15.0. The van der Waals surface area contributed by atoms with Crippen LogP contribution in [-0.4, -0.2) is 0 Å². The van der Waals surface area contributed by atoms with Crippen molar-refractivity contribution in [1.29, 1.82) is 0 Å². The topological polar surface area (TPSA) is 16.4 Å². The van der Waals surface area contributed by atoms with Gasteiger partial charge in [0.15, 0.2) is 0 Å². The molecule has 0 saturated heterocycles. The van der Waals surface area contributed by atoms with E-state index in [1.54, 1.807) is 0 Å². The molecule has 2 nitrogen and oxygen atoms in total. The van der Waals surface area contributed by atoms with Crippen LogP contribution in [0.15, 0.2) is 168 Å². The van der Waals surface area contributed by atoms with E-state index < -0.39 is 0 Å². The Bertz CT molecular complexity index is 2450.